The molecule has 0 N–H and O–H groups in total. The van der Waals surface area contributed by atoms with Gasteiger partial charge in [0.1, 0.15) is 23.3 Å². The highest BCUT2D eigenvalue weighted by Crippen LogP contribution is 2.17. The van der Waals surface area contributed by atoms with Crippen molar-refractivity contribution in [1.82, 2.24) is 0 Å². The first-order valence-corrected chi connectivity index (χ1v) is 9.99. The van der Waals surface area contributed by atoms with Gasteiger partial charge in [0.25, 0.3) is 0 Å². The number of benzene rings is 4. The van der Waals surface area contributed by atoms with Crippen LogP contribution in [-0.4, -0.2) is 12.4 Å². The van der Waals surface area contributed by atoms with Crippen LogP contribution in [0.1, 0.15) is 11.1 Å². The van der Waals surface area contributed by atoms with Crippen LogP contribution in [0.3, 0.4) is 0 Å². The maximum absolute atomic E-state index is 12.9. The van der Waals surface area contributed by atoms with E-state index >= 15 is 0 Å². The first-order chi connectivity index (χ1) is 17.1. The number of aliphatic imine (C=N–C) groups is 2. The van der Waals surface area contributed by atoms with Gasteiger partial charge in [-0.1, -0.05) is 12.1 Å². The number of rotatable bonds is 4. The summed E-state index contributed by atoms with van der Waals surface area (Å²) >= 11 is 0. The van der Waals surface area contributed by atoms with Crippen LogP contribution in [0.15, 0.2) is 82.8 Å². The number of nitrogens with zero attached hydrogens (tertiary/aromatic N) is 2. The SMILES string of the molecule is Fc1cc(F)cc(N=Cc2ccc(F)c(F)c2)c1.Fc1cc(F)cc(N=Cc2ccc(F)c(F)c2)c1. The normalized spacial score (nSPS) is 11.1. The number of hydrogen-bond acceptors (Lipinski definition) is 2. The van der Waals surface area contributed by atoms with E-state index in [-0.39, 0.29) is 11.4 Å². The van der Waals surface area contributed by atoms with E-state index in [0.717, 1.165) is 60.7 Å². The molecule has 0 fully saturated rings. The Bertz CT molecular complexity index is 1280. The fourth-order valence-corrected chi connectivity index (χ4v) is 2.71. The molecule has 0 aliphatic carbocycles. The topological polar surface area (TPSA) is 24.7 Å². The van der Waals surface area contributed by atoms with Gasteiger partial charge in [0.15, 0.2) is 23.3 Å². The quantitative estimate of drug-likeness (QED) is 0.198. The molecule has 0 aliphatic rings. The van der Waals surface area contributed by atoms with Crippen molar-refractivity contribution in [3.05, 3.63) is 130 Å². The Labute approximate surface area is 199 Å². The lowest BCUT2D eigenvalue weighted by Crippen LogP contribution is -1.87. The molecule has 0 heterocycles. The average Bonchev–Trinajstić information content (AvgIpc) is 2.80. The van der Waals surface area contributed by atoms with Gasteiger partial charge in [0.05, 0.1) is 11.4 Å². The molecule has 10 heteroatoms. The van der Waals surface area contributed by atoms with Gasteiger partial charge in [-0.15, -0.1) is 0 Å². The third-order valence-electron chi connectivity index (χ3n) is 4.31. The van der Waals surface area contributed by atoms with Gasteiger partial charge < -0.3 is 0 Å². The maximum atomic E-state index is 12.9. The minimum Gasteiger partial charge on any atom is -0.256 e. The van der Waals surface area contributed by atoms with E-state index in [9.17, 15) is 35.1 Å². The highest BCUT2D eigenvalue weighted by atomic mass is 19.2. The van der Waals surface area contributed by atoms with Crippen LogP contribution < -0.4 is 0 Å². The van der Waals surface area contributed by atoms with Crippen LogP contribution in [0, 0.1) is 46.5 Å². The summed E-state index contributed by atoms with van der Waals surface area (Å²) in [5, 5.41) is 0. The molecule has 2 nitrogen and oxygen atoms in total. The molecule has 184 valence electrons. The summed E-state index contributed by atoms with van der Waals surface area (Å²) in [5.74, 6) is -6.98. The van der Waals surface area contributed by atoms with Crippen molar-refractivity contribution in [2.24, 2.45) is 9.98 Å². The Morgan fingerprint density at radius 1 is 0.389 bits per heavy atom. The summed E-state index contributed by atoms with van der Waals surface area (Å²) < 4.78 is 102. The first kappa shape index (κ1) is 26.3. The molecular weight excluding hydrogens is 492 g/mol. The van der Waals surface area contributed by atoms with Gasteiger partial charge in [0, 0.05) is 24.6 Å². The first-order valence-electron chi connectivity index (χ1n) is 9.99. The second-order valence-corrected chi connectivity index (χ2v) is 7.12. The Kier molecular flexibility index (Phi) is 8.66. The van der Waals surface area contributed by atoms with Crippen LogP contribution in [0.25, 0.3) is 0 Å². The largest absolute Gasteiger partial charge is 0.256 e. The number of halogens is 8. The van der Waals surface area contributed by atoms with Gasteiger partial charge in [-0.3, -0.25) is 9.98 Å². The summed E-state index contributed by atoms with van der Waals surface area (Å²) in [5.41, 5.74) is 0.687. The molecular formula is C26H14F8N2. The molecule has 4 aromatic rings. The molecule has 0 aliphatic heterocycles. The maximum Gasteiger partial charge on any atom is 0.159 e. The molecule has 0 aromatic heterocycles. The molecule has 4 rings (SSSR count). The highest BCUT2D eigenvalue weighted by molar-refractivity contribution is 5.82. The van der Waals surface area contributed by atoms with E-state index in [1.807, 2.05) is 0 Å². The van der Waals surface area contributed by atoms with Crippen molar-refractivity contribution in [1.29, 1.82) is 0 Å². The lowest BCUT2D eigenvalue weighted by atomic mass is 10.2. The number of hydrogen-bond donors (Lipinski definition) is 0. The average molecular weight is 506 g/mol. The summed E-state index contributed by atoms with van der Waals surface area (Å²) in [7, 11) is 0. The van der Waals surface area contributed by atoms with Crippen LogP contribution in [0.5, 0.6) is 0 Å². The van der Waals surface area contributed by atoms with E-state index < -0.39 is 46.5 Å². The second-order valence-electron chi connectivity index (χ2n) is 7.12. The zero-order chi connectivity index (χ0) is 26.2. The van der Waals surface area contributed by atoms with E-state index in [2.05, 4.69) is 9.98 Å². The van der Waals surface area contributed by atoms with E-state index in [1.54, 1.807) is 0 Å². The van der Waals surface area contributed by atoms with E-state index in [0.29, 0.717) is 11.1 Å². The minimum atomic E-state index is -1.01. The molecule has 0 unspecified atom stereocenters. The predicted molar refractivity (Wildman–Crippen MR) is 120 cm³/mol. The Hall–Kier alpha value is -4.34. The zero-order valence-electron chi connectivity index (χ0n) is 18.0. The van der Waals surface area contributed by atoms with Gasteiger partial charge in [-0.25, -0.2) is 35.1 Å². The van der Waals surface area contributed by atoms with Gasteiger partial charge in [-0.05, 0) is 59.7 Å². The molecule has 0 amide bonds. The monoisotopic (exact) mass is 506 g/mol. The van der Waals surface area contributed by atoms with Crippen LogP contribution in [-0.2, 0) is 0 Å². The molecule has 4 aromatic carbocycles. The van der Waals surface area contributed by atoms with Crippen molar-refractivity contribution in [2.45, 2.75) is 0 Å². The highest BCUT2D eigenvalue weighted by Gasteiger charge is 2.03. The molecule has 0 radical (unpaired) electrons. The summed E-state index contributed by atoms with van der Waals surface area (Å²) in [4.78, 5) is 7.55. The fraction of sp³-hybridized carbons (Fsp3) is 0. The Balaban J connectivity index is 0.000000201. The molecule has 0 bridgehead atoms. The molecule has 36 heavy (non-hydrogen) atoms. The van der Waals surface area contributed by atoms with E-state index in [1.165, 1.54) is 24.6 Å². The smallest absolute Gasteiger partial charge is 0.159 e. The van der Waals surface area contributed by atoms with Crippen molar-refractivity contribution >= 4 is 23.8 Å². The van der Waals surface area contributed by atoms with Crippen molar-refractivity contribution in [2.75, 3.05) is 0 Å². The molecule has 0 atom stereocenters. The lowest BCUT2D eigenvalue weighted by Gasteiger charge is -1.97. The summed E-state index contributed by atoms with van der Waals surface area (Å²) in [6.45, 7) is 0. The third kappa shape index (κ3) is 7.86. The van der Waals surface area contributed by atoms with Gasteiger partial charge in [-0.2, -0.15) is 0 Å². The van der Waals surface area contributed by atoms with Crippen molar-refractivity contribution < 1.29 is 35.1 Å². The zero-order valence-corrected chi connectivity index (χ0v) is 18.0. The summed E-state index contributed by atoms with van der Waals surface area (Å²) in [6.07, 6.45) is 2.38. The molecule has 0 spiro atoms. The van der Waals surface area contributed by atoms with Gasteiger partial charge in [0.2, 0.25) is 0 Å². The van der Waals surface area contributed by atoms with E-state index in [4.69, 9.17) is 0 Å². The fourth-order valence-electron chi connectivity index (χ4n) is 2.71. The Morgan fingerprint density at radius 3 is 1.03 bits per heavy atom. The molecule has 0 saturated heterocycles. The minimum absolute atomic E-state index is 0.0530. The predicted octanol–water partition coefficient (Wildman–Crippen LogP) is 7.99. The molecule has 0 saturated carbocycles. The second kappa shape index (κ2) is 11.9. The van der Waals surface area contributed by atoms with Crippen molar-refractivity contribution in [3.63, 3.8) is 0 Å². The standard InChI is InChI=1S/2C13H7F4N/c2*14-9-4-10(15)6-11(5-9)18-7-8-1-2-12(16)13(17)3-8/h2*1-7H. The van der Waals surface area contributed by atoms with Gasteiger partial charge >= 0.3 is 0 Å². The lowest BCUT2D eigenvalue weighted by molar-refractivity contribution is 0.508. The van der Waals surface area contributed by atoms with Crippen LogP contribution >= 0.6 is 0 Å². The van der Waals surface area contributed by atoms with Crippen molar-refractivity contribution in [3.8, 4) is 0 Å². The van der Waals surface area contributed by atoms with Crippen LogP contribution in [0.4, 0.5) is 46.5 Å². The summed E-state index contributed by atoms with van der Waals surface area (Å²) in [6, 6.07) is 11.9. The Morgan fingerprint density at radius 2 is 0.722 bits per heavy atom. The third-order valence-corrected chi connectivity index (χ3v) is 4.31. The van der Waals surface area contributed by atoms with Crippen LogP contribution in [0.2, 0.25) is 0 Å².